The maximum absolute atomic E-state index is 13.4. The standard InChI is InChI=1S/C15H20BrFN2O/c16-11-4-10(5-12(17)7-11)6-14(18)15-8-19-3-1-2-13(19)9-20-15/h4-5,7,13-15H,1-3,6,8-9,18H2. The fourth-order valence-electron chi connectivity index (χ4n) is 3.23. The average molecular weight is 343 g/mol. The van der Waals surface area contributed by atoms with E-state index in [1.165, 1.54) is 18.9 Å². The van der Waals surface area contributed by atoms with E-state index in [0.717, 1.165) is 29.7 Å². The largest absolute Gasteiger partial charge is 0.374 e. The maximum Gasteiger partial charge on any atom is 0.124 e. The molecule has 1 aromatic rings. The van der Waals surface area contributed by atoms with Gasteiger partial charge >= 0.3 is 0 Å². The molecule has 3 atom stereocenters. The zero-order valence-corrected chi connectivity index (χ0v) is 13.0. The van der Waals surface area contributed by atoms with Crippen molar-refractivity contribution in [2.75, 3.05) is 19.7 Å². The van der Waals surface area contributed by atoms with Gasteiger partial charge in [0.15, 0.2) is 0 Å². The van der Waals surface area contributed by atoms with Crippen LogP contribution in [0.3, 0.4) is 0 Å². The molecular formula is C15H20BrFN2O. The number of fused-ring (bicyclic) bond motifs is 1. The molecule has 3 nitrogen and oxygen atoms in total. The first-order chi connectivity index (χ1) is 9.61. The zero-order chi connectivity index (χ0) is 14.1. The van der Waals surface area contributed by atoms with E-state index >= 15 is 0 Å². The van der Waals surface area contributed by atoms with Crippen molar-refractivity contribution in [1.29, 1.82) is 0 Å². The molecule has 0 aliphatic carbocycles. The number of halogens is 2. The summed E-state index contributed by atoms with van der Waals surface area (Å²) in [4.78, 5) is 2.48. The molecule has 1 aromatic carbocycles. The Hall–Kier alpha value is -0.490. The van der Waals surface area contributed by atoms with Crippen molar-refractivity contribution in [3.05, 3.63) is 34.1 Å². The molecule has 5 heteroatoms. The Morgan fingerprint density at radius 3 is 3.10 bits per heavy atom. The van der Waals surface area contributed by atoms with Gasteiger partial charge in [0.2, 0.25) is 0 Å². The van der Waals surface area contributed by atoms with Crippen molar-refractivity contribution in [3.63, 3.8) is 0 Å². The molecule has 2 aliphatic rings. The number of rotatable bonds is 3. The highest BCUT2D eigenvalue weighted by Gasteiger charge is 2.34. The molecule has 110 valence electrons. The quantitative estimate of drug-likeness (QED) is 0.916. The van der Waals surface area contributed by atoms with Crippen molar-refractivity contribution in [2.45, 2.75) is 37.5 Å². The van der Waals surface area contributed by atoms with Gasteiger partial charge in [-0.15, -0.1) is 0 Å². The summed E-state index contributed by atoms with van der Waals surface area (Å²) < 4.78 is 20.1. The topological polar surface area (TPSA) is 38.5 Å². The van der Waals surface area contributed by atoms with Crippen LogP contribution in [-0.2, 0) is 11.2 Å². The van der Waals surface area contributed by atoms with Crippen LogP contribution in [0.25, 0.3) is 0 Å². The number of nitrogens with zero attached hydrogens (tertiary/aromatic N) is 1. The SMILES string of the molecule is NC(Cc1cc(F)cc(Br)c1)C1CN2CCCC2CO1. The van der Waals surface area contributed by atoms with E-state index in [1.54, 1.807) is 6.07 Å². The zero-order valence-electron chi connectivity index (χ0n) is 11.4. The summed E-state index contributed by atoms with van der Waals surface area (Å²) in [7, 11) is 0. The van der Waals surface area contributed by atoms with E-state index in [-0.39, 0.29) is 18.0 Å². The Balaban J connectivity index is 1.62. The van der Waals surface area contributed by atoms with Gasteiger partial charge in [-0.1, -0.05) is 15.9 Å². The van der Waals surface area contributed by atoms with Crippen molar-refractivity contribution >= 4 is 15.9 Å². The second-order valence-electron chi connectivity index (χ2n) is 5.81. The highest BCUT2D eigenvalue weighted by molar-refractivity contribution is 9.10. The lowest BCUT2D eigenvalue weighted by Crippen LogP contribution is -2.53. The summed E-state index contributed by atoms with van der Waals surface area (Å²) in [5.74, 6) is -0.231. The Morgan fingerprint density at radius 2 is 2.30 bits per heavy atom. The Labute approximate surface area is 127 Å². The van der Waals surface area contributed by atoms with Crippen LogP contribution < -0.4 is 5.73 Å². The van der Waals surface area contributed by atoms with Gasteiger partial charge in [0, 0.05) is 23.1 Å². The van der Waals surface area contributed by atoms with Gasteiger partial charge in [-0.05, 0) is 49.6 Å². The molecule has 0 radical (unpaired) electrons. The first kappa shape index (κ1) is 14.4. The normalized spacial score (nSPS) is 28.4. The first-order valence-corrected chi connectivity index (χ1v) is 7.97. The Morgan fingerprint density at radius 1 is 1.45 bits per heavy atom. The van der Waals surface area contributed by atoms with Crippen molar-refractivity contribution in [2.24, 2.45) is 5.73 Å². The predicted octanol–water partition coefficient (Wildman–Crippen LogP) is 2.32. The first-order valence-electron chi connectivity index (χ1n) is 7.18. The van der Waals surface area contributed by atoms with Crippen LogP contribution in [0.2, 0.25) is 0 Å². The van der Waals surface area contributed by atoms with Gasteiger partial charge < -0.3 is 10.5 Å². The van der Waals surface area contributed by atoms with Crippen molar-refractivity contribution in [1.82, 2.24) is 4.90 Å². The lowest BCUT2D eigenvalue weighted by atomic mass is 10.00. The molecule has 2 saturated heterocycles. The van der Waals surface area contributed by atoms with Gasteiger partial charge in [-0.25, -0.2) is 4.39 Å². The third kappa shape index (κ3) is 3.22. The minimum absolute atomic E-state index is 0.0476. The van der Waals surface area contributed by atoms with Crippen LogP contribution in [0.15, 0.2) is 22.7 Å². The van der Waals surface area contributed by atoms with Crippen LogP contribution in [0.4, 0.5) is 4.39 Å². The molecular weight excluding hydrogens is 323 g/mol. The molecule has 0 aromatic heterocycles. The molecule has 0 bridgehead atoms. The second-order valence-corrected chi connectivity index (χ2v) is 6.72. The summed E-state index contributed by atoms with van der Waals surface area (Å²) in [5, 5.41) is 0. The van der Waals surface area contributed by atoms with E-state index < -0.39 is 0 Å². The van der Waals surface area contributed by atoms with Gasteiger partial charge in [-0.2, -0.15) is 0 Å². The van der Waals surface area contributed by atoms with E-state index in [2.05, 4.69) is 20.8 Å². The summed E-state index contributed by atoms with van der Waals surface area (Å²) in [5.41, 5.74) is 7.19. The number of hydrogen-bond acceptors (Lipinski definition) is 3. The molecule has 2 aliphatic heterocycles. The van der Waals surface area contributed by atoms with Gasteiger partial charge in [0.05, 0.1) is 12.7 Å². The molecule has 0 amide bonds. The summed E-state index contributed by atoms with van der Waals surface area (Å²) in [6, 6.07) is 5.42. The van der Waals surface area contributed by atoms with Gasteiger partial charge in [0.25, 0.3) is 0 Å². The van der Waals surface area contributed by atoms with Crippen LogP contribution in [0, 0.1) is 5.82 Å². The second kappa shape index (κ2) is 6.10. The van der Waals surface area contributed by atoms with Gasteiger partial charge in [0.1, 0.15) is 5.82 Å². The summed E-state index contributed by atoms with van der Waals surface area (Å²) in [6.45, 7) is 2.84. The van der Waals surface area contributed by atoms with E-state index in [9.17, 15) is 4.39 Å². The molecule has 0 saturated carbocycles. The summed E-state index contributed by atoms with van der Waals surface area (Å²) >= 11 is 3.32. The maximum atomic E-state index is 13.4. The average Bonchev–Trinajstić information content (AvgIpc) is 2.84. The third-order valence-corrected chi connectivity index (χ3v) is 4.75. The number of ether oxygens (including phenoxy) is 1. The monoisotopic (exact) mass is 342 g/mol. The van der Waals surface area contributed by atoms with Gasteiger partial charge in [-0.3, -0.25) is 4.90 Å². The van der Waals surface area contributed by atoms with E-state index in [1.807, 2.05) is 6.07 Å². The van der Waals surface area contributed by atoms with Crippen LogP contribution in [0.1, 0.15) is 18.4 Å². The fraction of sp³-hybridized carbons (Fsp3) is 0.600. The number of hydrogen-bond donors (Lipinski definition) is 1. The number of nitrogens with two attached hydrogens (primary N) is 1. The molecule has 20 heavy (non-hydrogen) atoms. The van der Waals surface area contributed by atoms with E-state index in [4.69, 9.17) is 10.5 Å². The number of benzene rings is 1. The van der Waals surface area contributed by atoms with Crippen LogP contribution in [-0.4, -0.2) is 42.8 Å². The molecule has 2 heterocycles. The Bertz CT molecular complexity index is 465. The molecule has 3 rings (SSSR count). The lowest BCUT2D eigenvalue weighted by molar-refractivity contribution is -0.0589. The molecule has 2 fully saturated rings. The minimum Gasteiger partial charge on any atom is -0.374 e. The number of morpholine rings is 1. The molecule has 0 spiro atoms. The molecule has 2 N–H and O–H groups in total. The minimum atomic E-state index is -0.231. The third-order valence-electron chi connectivity index (χ3n) is 4.29. The van der Waals surface area contributed by atoms with Crippen molar-refractivity contribution in [3.8, 4) is 0 Å². The lowest BCUT2D eigenvalue weighted by Gasteiger charge is -2.37. The highest BCUT2D eigenvalue weighted by Crippen LogP contribution is 2.24. The highest BCUT2D eigenvalue weighted by atomic mass is 79.9. The van der Waals surface area contributed by atoms with Crippen LogP contribution in [0.5, 0.6) is 0 Å². The predicted molar refractivity (Wildman–Crippen MR) is 80.1 cm³/mol. The fourth-order valence-corrected chi connectivity index (χ4v) is 3.75. The van der Waals surface area contributed by atoms with Crippen LogP contribution >= 0.6 is 15.9 Å². The molecule has 3 unspecified atom stereocenters. The van der Waals surface area contributed by atoms with E-state index in [0.29, 0.717) is 12.5 Å². The Kier molecular flexibility index (Phi) is 4.40. The summed E-state index contributed by atoms with van der Waals surface area (Å²) in [6.07, 6.45) is 3.18. The van der Waals surface area contributed by atoms with Crippen molar-refractivity contribution < 1.29 is 9.13 Å². The smallest absolute Gasteiger partial charge is 0.124 e.